The number of hydrogen-bond acceptors (Lipinski definition) is 10. The number of halogens is 1. The van der Waals surface area contributed by atoms with Crippen LogP contribution >= 0.6 is 11.6 Å². The lowest BCUT2D eigenvalue weighted by atomic mass is 9.88. The third-order valence-electron chi connectivity index (χ3n) is 11.9. The molecule has 3 aliphatic rings. The Kier molecular flexibility index (Phi) is 17.9. The van der Waals surface area contributed by atoms with Crippen molar-refractivity contribution in [3.8, 4) is 5.75 Å². The first-order valence-corrected chi connectivity index (χ1v) is 23.3. The number of carbonyl (C=O) groups is 5. The summed E-state index contributed by atoms with van der Waals surface area (Å²) in [6, 6.07) is 33.5. The van der Waals surface area contributed by atoms with E-state index in [1.54, 1.807) is 18.2 Å². The van der Waals surface area contributed by atoms with Crippen molar-refractivity contribution in [2.75, 3.05) is 90.2 Å². The summed E-state index contributed by atoms with van der Waals surface area (Å²) in [7, 11) is 0. The van der Waals surface area contributed by atoms with E-state index < -0.39 is 11.9 Å². The molecule has 0 bridgehead atoms. The summed E-state index contributed by atoms with van der Waals surface area (Å²) in [6.07, 6.45) is 1.59. The van der Waals surface area contributed by atoms with Gasteiger partial charge in [-0.2, -0.15) is 0 Å². The molecule has 0 saturated carbocycles. The van der Waals surface area contributed by atoms with Crippen LogP contribution in [0.15, 0.2) is 103 Å². The van der Waals surface area contributed by atoms with Gasteiger partial charge >= 0.3 is 0 Å². The minimum absolute atomic E-state index is 0.0778. The van der Waals surface area contributed by atoms with Crippen molar-refractivity contribution in [3.05, 3.63) is 131 Å². The maximum Gasteiger partial charge on any atom is 0.255 e. The number of rotatable bonds is 23. The average Bonchev–Trinajstić information content (AvgIpc) is 3.68. The van der Waals surface area contributed by atoms with Gasteiger partial charge in [-0.3, -0.25) is 34.2 Å². The van der Waals surface area contributed by atoms with Gasteiger partial charge in [0, 0.05) is 68.4 Å². The van der Waals surface area contributed by atoms with E-state index in [-0.39, 0.29) is 56.0 Å². The number of piperazine rings is 1. The van der Waals surface area contributed by atoms with Crippen LogP contribution in [0.5, 0.6) is 5.75 Å². The Morgan fingerprint density at radius 1 is 0.682 bits per heavy atom. The molecule has 1 atom stereocenters. The monoisotopic (exact) mass is 919 g/mol. The topological polar surface area (TPSA) is 156 Å². The minimum atomic E-state index is -0.730. The third-order valence-corrected chi connectivity index (χ3v) is 12.1. The normalized spacial score (nSPS) is 16.7. The van der Waals surface area contributed by atoms with E-state index in [4.69, 9.17) is 30.5 Å². The first kappa shape index (κ1) is 48.0. The number of amides is 5. The molecule has 4 aromatic rings. The maximum absolute atomic E-state index is 13.0. The quantitative estimate of drug-likeness (QED) is 0.0390. The van der Waals surface area contributed by atoms with Crippen LogP contribution in [0.3, 0.4) is 0 Å². The molecule has 1 unspecified atom stereocenters. The zero-order chi connectivity index (χ0) is 46.1. The van der Waals surface area contributed by atoms with Crippen LogP contribution in [-0.2, 0) is 39.9 Å². The van der Waals surface area contributed by atoms with Gasteiger partial charge in [-0.25, -0.2) is 0 Å². The number of benzene rings is 4. The number of nitrogens with zero attached hydrogens (tertiary/aromatic N) is 3. The summed E-state index contributed by atoms with van der Waals surface area (Å²) in [5, 5.41) is 5.15. The largest absolute Gasteiger partial charge is 0.492 e. The highest BCUT2D eigenvalue weighted by atomic mass is 35.5. The van der Waals surface area contributed by atoms with Crippen LogP contribution in [0, 0.1) is 0 Å². The predicted molar refractivity (Wildman–Crippen MR) is 252 cm³/mol. The Morgan fingerprint density at radius 2 is 1.32 bits per heavy atom. The molecule has 0 aliphatic carbocycles. The average molecular weight is 921 g/mol. The van der Waals surface area contributed by atoms with Crippen LogP contribution in [0.25, 0.3) is 11.1 Å². The molecule has 4 aromatic carbocycles. The van der Waals surface area contributed by atoms with Gasteiger partial charge < -0.3 is 34.1 Å². The molecule has 7 rings (SSSR count). The third kappa shape index (κ3) is 13.1. The van der Waals surface area contributed by atoms with Crippen molar-refractivity contribution in [1.29, 1.82) is 0 Å². The summed E-state index contributed by atoms with van der Waals surface area (Å²) in [4.78, 5) is 68.2. The number of anilines is 1. The maximum atomic E-state index is 13.0. The van der Waals surface area contributed by atoms with E-state index in [1.807, 2.05) is 29.2 Å². The number of allylic oxidation sites excluding steroid dienone is 1. The Balaban J connectivity index is 0.716. The number of carbonyl (C=O) groups excluding carboxylic acids is 5. The van der Waals surface area contributed by atoms with Gasteiger partial charge in [0.1, 0.15) is 18.4 Å². The first-order chi connectivity index (χ1) is 32.3. The lowest BCUT2D eigenvalue weighted by Crippen LogP contribution is -2.52. The molecule has 2 fully saturated rings. The number of fused-ring (bicyclic) bond motifs is 1. The Bertz CT molecular complexity index is 2300. The molecular formula is C51H58ClN5O9. The SMILES string of the molecule is O=C1CCC(N2Cc3c(NC(=O)CCOCCOCCOCCC(=O)N4CCN(CCOc5ccc(/C(=C(/CCCl)c6ccccc6)c6ccccc6)cc5)CC4)cccc3C2=O)C(=O)N1. The highest BCUT2D eigenvalue weighted by Gasteiger charge is 2.40. The van der Waals surface area contributed by atoms with Gasteiger partial charge in [0.25, 0.3) is 5.91 Å². The summed E-state index contributed by atoms with van der Waals surface area (Å²) >= 11 is 6.32. The van der Waals surface area contributed by atoms with Gasteiger partial charge in [0.15, 0.2) is 0 Å². The summed E-state index contributed by atoms with van der Waals surface area (Å²) in [5.41, 5.74) is 7.36. The molecule has 3 aliphatic heterocycles. The van der Waals surface area contributed by atoms with E-state index in [0.29, 0.717) is 81.8 Å². The van der Waals surface area contributed by atoms with Crippen molar-refractivity contribution in [3.63, 3.8) is 0 Å². The molecule has 0 aromatic heterocycles. The van der Waals surface area contributed by atoms with Crippen LogP contribution in [0.1, 0.15) is 64.7 Å². The second kappa shape index (κ2) is 24.6. The van der Waals surface area contributed by atoms with Crippen LogP contribution in [0.4, 0.5) is 5.69 Å². The first-order valence-electron chi connectivity index (χ1n) is 22.7. The van der Waals surface area contributed by atoms with Gasteiger partial charge in [-0.15, -0.1) is 11.6 Å². The van der Waals surface area contributed by atoms with Crippen LogP contribution in [0.2, 0.25) is 0 Å². The number of imide groups is 1. The number of hydrogen-bond donors (Lipinski definition) is 2. The molecule has 0 radical (unpaired) electrons. The van der Waals surface area contributed by atoms with Gasteiger partial charge in [-0.05, 0) is 64.9 Å². The lowest BCUT2D eigenvalue weighted by Gasteiger charge is -2.34. The van der Waals surface area contributed by atoms with Crippen LogP contribution in [-0.4, -0.2) is 135 Å². The van der Waals surface area contributed by atoms with Crippen molar-refractivity contribution >= 4 is 58.0 Å². The van der Waals surface area contributed by atoms with E-state index in [1.165, 1.54) is 16.0 Å². The van der Waals surface area contributed by atoms with Crippen molar-refractivity contribution in [2.24, 2.45) is 0 Å². The number of ether oxygens (including phenoxy) is 4. The number of nitrogens with one attached hydrogen (secondary N) is 2. The van der Waals surface area contributed by atoms with Gasteiger partial charge in [-0.1, -0.05) is 78.9 Å². The molecule has 3 heterocycles. The molecule has 14 nitrogen and oxygen atoms in total. The van der Waals surface area contributed by atoms with E-state index in [0.717, 1.165) is 48.5 Å². The molecule has 2 N–H and O–H groups in total. The van der Waals surface area contributed by atoms with Crippen molar-refractivity contribution in [1.82, 2.24) is 20.0 Å². The smallest absolute Gasteiger partial charge is 0.255 e. The summed E-state index contributed by atoms with van der Waals surface area (Å²) in [5.74, 6) is 0.0106. The second-order valence-electron chi connectivity index (χ2n) is 16.2. The second-order valence-corrected chi connectivity index (χ2v) is 16.6. The van der Waals surface area contributed by atoms with Gasteiger partial charge in [0.05, 0.1) is 52.5 Å². The lowest BCUT2D eigenvalue weighted by molar-refractivity contribution is -0.137. The summed E-state index contributed by atoms with van der Waals surface area (Å²) < 4.78 is 23.0. The fraction of sp³-hybridized carbons (Fsp3) is 0.392. The fourth-order valence-electron chi connectivity index (χ4n) is 8.44. The Labute approximate surface area is 391 Å². The highest BCUT2D eigenvalue weighted by molar-refractivity contribution is 6.18. The molecule has 15 heteroatoms. The predicted octanol–water partition coefficient (Wildman–Crippen LogP) is 6.03. The fourth-order valence-corrected chi connectivity index (χ4v) is 8.63. The standard InChI is InChI=1S/C51H58ClN5O9/c52-23-20-41(37-8-3-1-4-9-37)49(38-10-5-2-6-11-38)39-14-16-40(17-15-39)66-31-28-55-24-26-56(27-25-55)48(60)22-30-64-33-35-65-34-32-63-29-21-47(59)53-44-13-7-12-42-43(44)36-57(51(42)62)45-18-19-46(58)54-50(45)61/h1-17,45H,18-36H2,(H,53,59)(H,54,58,61)/b49-41-. The molecule has 348 valence electrons. The van der Waals surface area contributed by atoms with E-state index in [9.17, 15) is 24.0 Å². The summed E-state index contributed by atoms with van der Waals surface area (Å²) in [6.45, 7) is 6.22. The molecule has 2 saturated heterocycles. The molecule has 66 heavy (non-hydrogen) atoms. The Hall–Kier alpha value is -5.90. The van der Waals surface area contributed by atoms with Gasteiger partial charge in [0.2, 0.25) is 23.6 Å². The van der Waals surface area contributed by atoms with Crippen LogP contribution < -0.4 is 15.4 Å². The van der Waals surface area contributed by atoms with Crippen molar-refractivity contribution in [2.45, 2.75) is 44.7 Å². The highest BCUT2D eigenvalue weighted by Crippen LogP contribution is 2.36. The van der Waals surface area contributed by atoms with Crippen molar-refractivity contribution < 1.29 is 42.9 Å². The molecular weight excluding hydrogens is 862 g/mol. The minimum Gasteiger partial charge on any atom is -0.492 e. The van der Waals surface area contributed by atoms with E-state index in [2.05, 4.69) is 76.2 Å². The molecule has 0 spiro atoms. The zero-order valence-corrected chi connectivity index (χ0v) is 38.0. The Morgan fingerprint density at radius 3 is 1.98 bits per heavy atom. The number of piperidine rings is 1. The zero-order valence-electron chi connectivity index (χ0n) is 37.2. The van der Waals surface area contributed by atoms with E-state index >= 15 is 0 Å². The molecule has 5 amide bonds. The number of alkyl halides is 1.